The zero-order chi connectivity index (χ0) is 22.3. The first-order valence-electron chi connectivity index (χ1n) is 10.8. The lowest BCUT2D eigenvalue weighted by Crippen LogP contribution is -2.41. The lowest BCUT2D eigenvalue weighted by Gasteiger charge is -2.32. The van der Waals surface area contributed by atoms with E-state index < -0.39 is 10.0 Å². The summed E-state index contributed by atoms with van der Waals surface area (Å²) < 4.78 is 33.4. The zero-order valence-corrected chi connectivity index (χ0v) is 18.6. The first kappa shape index (κ1) is 20.7. The minimum atomic E-state index is -3.56. The second-order valence-electron chi connectivity index (χ2n) is 8.25. The van der Waals surface area contributed by atoms with E-state index >= 15 is 0 Å². The van der Waals surface area contributed by atoms with E-state index in [1.165, 1.54) is 12.1 Å². The van der Waals surface area contributed by atoms with Crippen molar-refractivity contribution in [2.45, 2.75) is 37.1 Å². The molecule has 32 heavy (non-hydrogen) atoms. The van der Waals surface area contributed by atoms with Crippen molar-refractivity contribution in [2.75, 3.05) is 11.9 Å². The van der Waals surface area contributed by atoms with Crippen molar-refractivity contribution < 1.29 is 17.6 Å². The molecular formula is C25H24N2O4S. The number of carbonyl (C=O) groups is 1. The lowest BCUT2D eigenvalue weighted by molar-refractivity contribution is 0.102. The molecule has 7 heteroatoms. The standard InChI is InChI=1S/C25H24N2O4S/c1-17-6-4-5-15-27(17)32(29,30)20-12-9-18(10-13-20)25(28)26-19-11-14-22-21-7-2-3-8-23(21)31-24(22)16-19/h2-3,7-14,16-17H,4-6,15H2,1H3,(H,26,28). The lowest BCUT2D eigenvalue weighted by atomic mass is 10.1. The molecule has 4 aromatic rings. The third kappa shape index (κ3) is 3.67. The van der Waals surface area contributed by atoms with Crippen LogP contribution < -0.4 is 5.32 Å². The number of piperidine rings is 1. The van der Waals surface area contributed by atoms with Gasteiger partial charge in [0.05, 0.1) is 4.90 Å². The highest BCUT2D eigenvalue weighted by Gasteiger charge is 2.30. The summed E-state index contributed by atoms with van der Waals surface area (Å²) in [6, 6.07) is 19.5. The van der Waals surface area contributed by atoms with E-state index in [0.717, 1.165) is 35.6 Å². The summed E-state index contributed by atoms with van der Waals surface area (Å²) in [6.07, 6.45) is 2.79. The van der Waals surface area contributed by atoms with Crippen molar-refractivity contribution >= 4 is 43.6 Å². The van der Waals surface area contributed by atoms with Gasteiger partial charge in [0.1, 0.15) is 11.2 Å². The summed E-state index contributed by atoms with van der Waals surface area (Å²) in [6.45, 7) is 2.48. The molecule has 5 rings (SSSR count). The molecule has 1 unspecified atom stereocenters. The van der Waals surface area contributed by atoms with Crippen molar-refractivity contribution in [2.24, 2.45) is 0 Å². The molecule has 0 saturated carbocycles. The summed E-state index contributed by atoms with van der Waals surface area (Å²) >= 11 is 0. The molecule has 1 aliphatic rings. The van der Waals surface area contributed by atoms with Crippen molar-refractivity contribution in [3.63, 3.8) is 0 Å². The number of rotatable bonds is 4. The number of furan rings is 1. The van der Waals surface area contributed by atoms with Gasteiger partial charge in [0.25, 0.3) is 5.91 Å². The van der Waals surface area contributed by atoms with Crippen LogP contribution in [0.1, 0.15) is 36.5 Å². The number of benzene rings is 3. The Hall–Kier alpha value is -3.16. The number of hydrogen-bond acceptors (Lipinski definition) is 4. The van der Waals surface area contributed by atoms with Crippen LogP contribution in [0, 0.1) is 0 Å². The summed E-state index contributed by atoms with van der Waals surface area (Å²) in [4.78, 5) is 12.9. The van der Waals surface area contributed by atoms with Crippen LogP contribution >= 0.6 is 0 Å². The molecule has 1 aliphatic heterocycles. The maximum absolute atomic E-state index is 13.0. The predicted molar refractivity (Wildman–Crippen MR) is 125 cm³/mol. The Morgan fingerprint density at radius 2 is 1.72 bits per heavy atom. The molecule has 164 valence electrons. The monoisotopic (exact) mass is 448 g/mol. The summed E-state index contributed by atoms with van der Waals surface area (Å²) in [5, 5.41) is 4.88. The first-order chi connectivity index (χ1) is 15.4. The maximum Gasteiger partial charge on any atom is 0.255 e. The molecule has 1 atom stereocenters. The number of amides is 1. The Morgan fingerprint density at radius 1 is 0.969 bits per heavy atom. The molecule has 1 saturated heterocycles. The van der Waals surface area contributed by atoms with Gasteiger partial charge in [-0.2, -0.15) is 4.31 Å². The number of nitrogens with zero attached hydrogens (tertiary/aromatic N) is 1. The van der Waals surface area contributed by atoms with Crippen molar-refractivity contribution in [1.29, 1.82) is 0 Å². The van der Waals surface area contributed by atoms with Crippen LogP contribution in [0.3, 0.4) is 0 Å². The largest absolute Gasteiger partial charge is 0.456 e. The minimum absolute atomic E-state index is 0.00936. The van der Waals surface area contributed by atoms with Crippen LogP contribution in [0.4, 0.5) is 5.69 Å². The second-order valence-corrected chi connectivity index (χ2v) is 10.1. The van der Waals surface area contributed by atoms with E-state index in [1.54, 1.807) is 22.5 Å². The van der Waals surface area contributed by atoms with Gasteiger partial charge in [0, 0.05) is 40.7 Å². The van der Waals surface area contributed by atoms with Gasteiger partial charge in [-0.1, -0.05) is 24.6 Å². The average Bonchev–Trinajstić information content (AvgIpc) is 3.17. The van der Waals surface area contributed by atoms with Gasteiger partial charge in [-0.05, 0) is 62.2 Å². The molecular weight excluding hydrogens is 424 g/mol. The van der Waals surface area contributed by atoms with Crippen LogP contribution in [0.15, 0.2) is 76.0 Å². The van der Waals surface area contributed by atoms with E-state index in [2.05, 4.69) is 5.32 Å². The molecule has 2 heterocycles. The number of hydrogen-bond donors (Lipinski definition) is 1. The zero-order valence-electron chi connectivity index (χ0n) is 17.7. The van der Waals surface area contributed by atoms with Crippen LogP contribution in [0.25, 0.3) is 21.9 Å². The molecule has 0 spiro atoms. The van der Waals surface area contributed by atoms with E-state index in [4.69, 9.17) is 4.42 Å². The Morgan fingerprint density at radius 3 is 2.50 bits per heavy atom. The third-order valence-corrected chi connectivity index (χ3v) is 8.13. The fourth-order valence-corrected chi connectivity index (χ4v) is 6.05. The fourth-order valence-electron chi connectivity index (χ4n) is 4.35. The second kappa shape index (κ2) is 8.07. The molecule has 3 aromatic carbocycles. The van der Waals surface area contributed by atoms with Gasteiger partial charge in [-0.25, -0.2) is 8.42 Å². The Labute approximate surface area is 186 Å². The van der Waals surface area contributed by atoms with E-state index in [0.29, 0.717) is 23.4 Å². The fraction of sp³-hybridized carbons (Fsp3) is 0.240. The van der Waals surface area contributed by atoms with E-state index in [1.807, 2.05) is 43.3 Å². The number of carbonyl (C=O) groups excluding carboxylic acids is 1. The molecule has 0 bridgehead atoms. The van der Waals surface area contributed by atoms with Crippen LogP contribution in [0.2, 0.25) is 0 Å². The molecule has 0 radical (unpaired) electrons. The summed E-state index contributed by atoms with van der Waals surface area (Å²) in [5.41, 5.74) is 2.49. The highest BCUT2D eigenvalue weighted by Crippen LogP contribution is 2.30. The van der Waals surface area contributed by atoms with Crippen LogP contribution in [0.5, 0.6) is 0 Å². The highest BCUT2D eigenvalue weighted by molar-refractivity contribution is 7.89. The predicted octanol–water partition coefficient (Wildman–Crippen LogP) is 5.40. The SMILES string of the molecule is CC1CCCCN1S(=O)(=O)c1ccc(C(=O)Nc2ccc3c(c2)oc2ccccc23)cc1. The molecule has 6 nitrogen and oxygen atoms in total. The summed E-state index contributed by atoms with van der Waals surface area (Å²) in [7, 11) is -3.56. The van der Waals surface area contributed by atoms with Crippen molar-refractivity contribution in [3.05, 3.63) is 72.3 Å². The minimum Gasteiger partial charge on any atom is -0.456 e. The Balaban J connectivity index is 1.35. The van der Waals surface area contributed by atoms with Gasteiger partial charge >= 0.3 is 0 Å². The number of sulfonamides is 1. The summed E-state index contributed by atoms with van der Waals surface area (Å²) in [5.74, 6) is -0.309. The average molecular weight is 449 g/mol. The van der Waals surface area contributed by atoms with Crippen molar-refractivity contribution in [3.8, 4) is 0 Å². The van der Waals surface area contributed by atoms with Gasteiger partial charge in [0.2, 0.25) is 10.0 Å². The Kier molecular flexibility index (Phi) is 5.23. The van der Waals surface area contributed by atoms with Crippen LogP contribution in [-0.2, 0) is 10.0 Å². The topological polar surface area (TPSA) is 79.6 Å². The van der Waals surface area contributed by atoms with E-state index in [9.17, 15) is 13.2 Å². The number of para-hydroxylation sites is 1. The Bertz CT molecular complexity index is 1410. The van der Waals surface area contributed by atoms with Gasteiger partial charge in [0.15, 0.2) is 0 Å². The quantitative estimate of drug-likeness (QED) is 0.453. The molecule has 1 fully saturated rings. The molecule has 1 aromatic heterocycles. The number of anilines is 1. The highest BCUT2D eigenvalue weighted by atomic mass is 32.2. The molecule has 1 amide bonds. The van der Waals surface area contributed by atoms with Crippen LogP contribution in [-0.4, -0.2) is 31.2 Å². The third-order valence-electron chi connectivity index (χ3n) is 6.10. The maximum atomic E-state index is 13.0. The molecule has 0 aliphatic carbocycles. The smallest absolute Gasteiger partial charge is 0.255 e. The van der Waals surface area contributed by atoms with E-state index in [-0.39, 0.29) is 16.8 Å². The number of nitrogens with one attached hydrogen (secondary N) is 1. The van der Waals surface area contributed by atoms with Gasteiger partial charge < -0.3 is 9.73 Å². The van der Waals surface area contributed by atoms with Crippen molar-refractivity contribution in [1.82, 2.24) is 4.31 Å². The normalized spacial score (nSPS) is 17.6. The van der Waals surface area contributed by atoms with Gasteiger partial charge in [-0.3, -0.25) is 4.79 Å². The van der Waals surface area contributed by atoms with Gasteiger partial charge in [-0.15, -0.1) is 0 Å². The first-order valence-corrected chi connectivity index (χ1v) is 12.2. The number of fused-ring (bicyclic) bond motifs is 3. The molecule has 1 N–H and O–H groups in total.